The Balaban J connectivity index is 2.76. The molecule has 0 heterocycles. The first kappa shape index (κ1) is 15.4. The molecule has 0 aliphatic heterocycles. The molecule has 5 nitrogen and oxygen atoms in total. The van der Waals surface area contributed by atoms with Crippen molar-refractivity contribution in [3.63, 3.8) is 0 Å². The molecule has 0 radical (unpaired) electrons. The number of halogens is 1. The molecule has 0 bridgehead atoms. The zero-order valence-corrected chi connectivity index (χ0v) is 11.2. The van der Waals surface area contributed by atoms with Crippen molar-refractivity contribution in [2.24, 2.45) is 5.92 Å². The Morgan fingerprint density at radius 3 is 2.79 bits per heavy atom. The van der Waals surface area contributed by atoms with E-state index in [-0.39, 0.29) is 18.0 Å². The lowest BCUT2D eigenvalue weighted by Crippen LogP contribution is -2.19. The van der Waals surface area contributed by atoms with E-state index in [4.69, 9.17) is 4.74 Å². The standard InChI is InChI=1S/C13H19FN2O3/c1-10(2)8-15-9-11-3-4-12(16(17)18)13(7-11)19-6-5-14/h3-4,7,10,15H,5-6,8-9H2,1-2H3. The highest BCUT2D eigenvalue weighted by Gasteiger charge is 2.15. The lowest BCUT2D eigenvalue weighted by Gasteiger charge is -2.09. The van der Waals surface area contributed by atoms with Gasteiger partial charge in [0.15, 0.2) is 5.75 Å². The van der Waals surface area contributed by atoms with E-state index in [1.165, 1.54) is 6.07 Å². The Bertz CT molecular complexity index is 424. The number of rotatable bonds is 8. The molecule has 0 atom stereocenters. The first-order chi connectivity index (χ1) is 9.04. The highest BCUT2D eigenvalue weighted by atomic mass is 19.1. The summed E-state index contributed by atoms with van der Waals surface area (Å²) in [7, 11) is 0. The minimum Gasteiger partial charge on any atom is -0.484 e. The van der Waals surface area contributed by atoms with Gasteiger partial charge in [-0.1, -0.05) is 19.9 Å². The normalized spacial score (nSPS) is 10.7. The van der Waals surface area contributed by atoms with E-state index in [0.717, 1.165) is 12.1 Å². The Morgan fingerprint density at radius 2 is 2.21 bits per heavy atom. The number of hydrogen-bond acceptors (Lipinski definition) is 4. The van der Waals surface area contributed by atoms with Gasteiger partial charge in [-0.15, -0.1) is 0 Å². The summed E-state index contributed by atoms with van der Waals surface area (Å²) in [6.45, 7) is 4.80. The van der Waals surface area contributed by atoms with Crippen molar-refractivity contribution in [3.8, 4) is 5.75 Å². The Hall–Kier alpha value is -1.69. The molecule has 0 fully saturated rings. The smallest absolute Gasteiger partial charge is 0.310 e. The van der Waals surface area contributed by atoms with Crippen LogP contribution in [0.1, 0.15) is 19.4 Å². The number of alkyl halides is 1. The third-order valence-corrected chi connectivity index (χ3v) is 2.44. The van der Waals surface area contributed by atoms with Crippen molar-refractivity contribution in [1.82, 2.24) is 5.32 Å². The molecule has 0 spiro atoms. The van der Waals surface area contributed by atoms with Gasteiger partial charge in [0.2, 0.25) is 0 Å². The summed E-state index contributed by atoms with van der Waals surface area (Å²) in [5.41, 5.74) is 0.737. The maximum absolute atomic E-state index is 12.1. The molecule has 0 saturated heterocycles. The van der Waals surface area contributed by atoms with Gasteiger partial charge in [-0.05, 0) is 24.1 Å². The van der Waals surface area contributed by atoms with Crippen LogP contribution in [0.4, 0.5) is 10.1 Å². The van der Waals surface area contributed by atoms with Crippen LogP contribution in [-0.2, 0) is 6.54 Å². The largest absolute Gasteiger partial charge is 0.484 e. The van der Waals surface area contributed by atoms with Gasteiger partial charge in [-0.3, -0.25) is 10.1 Å². The number of nitro benzene ring substituents is 1. The number of nitrogens with one attached hydrogen (secondary N) is 1. The van der Waals surface area contributed by atoms with Crippen molar-refractivity contribution < 1.29 is 14.1 Å². The second-order valence-electron chi connectivity index (χ2n) is 4.62. The van der Waals surface area contributed by atoms with Crippen LogP contribution in [-0.4, -0.2) is 24.7 Å². The number of hydrogen-bond donors (Lipinski definition) is 1. The Labute approximate surface area is 111 Å². The second-order valence-corrected chi connectivity index (χ2v) is 4.62. The van der Waals surface area contributed by atoms with Crippen molar-refractivity contribution >= 4 is 5.69 Å². The maximum Gasteiger partial charge on any atom is 0.310 e. The summed E-state index contributed by atoms with van der Waals surface area (Å²) >= 11 is 0. The minimum atomic E-state index is -0.674. The van der Waals surface area contributed by atoms with Crippen LogP contribution in [0.5, 0.6) is 5.75 Å². The molecule has 6 heteroatoms. The number of nitro groups is 1. The van der Waals surface area contributed by atoms with Crippen LogP contribution in [0, 0.1) is 16.0 Å². The molecule has 0 aromatic heterocycles. The molecule has 1 aromatic carbocycles. The van der Waals surface area contributed by atoms with Crippen LogP contribution < -0.4 is 10.1 Å². The first-order valence-electron chi connectivity index (χ1n) is 6.21. The Kier molecular flexibility index (Phi) is 6.21. The predicted molar refractivity (Wildman–Crippen MR) is 71.1 cm³/mol. The SMILES string of the molecule is CC(C)CNCc1ccc([N+](=O)[O-])c(OCCF)c1. The molecular formula is C13H19FN2O3. The monoisotopic (exact) mass is 270 g/mol. The van der Waals surface area contributed by atoms with E-state index in [1.54, 1.807) is 12.1 Å². The molecule has 106 valence electrons. The zero-order valence-electron chi connectivity index (χ0n) is 11.2. The van der Waals surface area contributed by atoms with Gasteiger partial charge in [0.1, 0.15) is 13.3 Å². The fourth-order valence-corrected chi connectivity index (χ4v) is 1.59. The molecule has 1 rings (SSSR count). The summed E-state index contributed by atoms with van der Waals surface area (Å²) in [6, 6.07) is 4.65. The van der Waals surface area contributed by atoms with E-state index in [1.807, 2.05) is 0 Å². The molecular weight excluding hydrogens is 251 g/mol. The van der Waals surface area contributed by atoms with E-state index in [9.17, 15) is 14.5 Å². The van der Waals surface area contributed by atoms with Crippen LogP contribution in [0.3, 0.4) is 0 Å². The van der Waals surface area contributed by atoms with Crippen molar-refractivity contribution in [2.75, 3.05) is 19.8 Å². The summed E-state index contributed by atoms with van der Waals surface area (Å²) < 4.78 is 17.2. The molecule has 1 N–H and O–H groups in total. The van der Waals surface area contributed by atoms with Gasteiger partial charge >= 0.3 is 5.69 Å². The minimum absolute atomic E-state index is 0.117. The second kappa shape index (κ2) is 7.68. The molecule has 0 aliphatic carbocycles. The highest BCUT2D eigenvalue weighted by Crippen LogP contribution is 2.27. The van der Waals surface area contributed by atoms with Gasteiger partial charge in [-0.25, -0.2) is 4.39 Å². The third kappa shape index (κ3) is 5.21. The number of ether oxygens (including phenoxy) is 1. The van der Waals surface area contributed by atoms with Crippen molar-refractivity contribution in [1.29, 1.82) is 0 Å². The fraction of sp³-hybridized carbons (Fsp3) is 0.538. The van der Waals surface area contributed by atoms with Crippen LogP contribution >= 0.6 is 0 Å². The number of benzene rings is 1. The molecule has 19 heavy (non-hydrogen) atoms. The lowest BCUT2D eigenvalue weighted by molar-refractivity contribution is -0.385. The molecule has 0 saturated carbocycles. The Morgan fingerprint density at radius 1 is 1.47 bits per heavy atom. The molecule has 0 amide bonds. The van der Waals surface area contributed by atoms with Gasteiger partial charge in [0.05, 0.1) is 4.92 Å². The van der Waals surface area contributed by atoms with E-state index in [0.29, 0.717) is 12.5 Å². The first-order valence-corrected chi connectivity index (χ1v) is 6.21. The summed E-state index contributed by atoms with van der Waals surface area (Å²) in [5.74, 6) is 0.645. The van der Waals surface area contributed by atoms with Gasteiger partial charge in [0.25, 0.3) is 0 Å². The molecule has 0 aliphatic rings. The molecule has 1 aromatic rings. The summed E-state index contributed by atoms with van der Waals surface area (Å²) in [4.78, 5) is 10.3. The topological polar surface area (TPSA) is 64.4 Å². The van der Waals surface area contributed by atoms with Crippen LogP contribution in [0.2, 0.25) is 0 Å². The van der Waals surface area contributed by atoms with E-state index < -0.39 is 11.6 Å². The quantitative estimate of drug-likeness (QED) is 0.582. The zero-order chi connectivity index (χ0) is 14.3. The summed E-state index contributed by atoms with van der Waals surface area (Å²) in [5, 5.41) is 14.0. The van der Waals surface area contributed by atoms with E-state index in [2.05, 4.69) is 19.2 Å². The lowest BCUT2D eigenvalue weighted by atomic mass is 10.1. The van der Waals surface area contributed by atoms with Gasteiger partial charge in [-0.2, -0.15) is 0 Å². The van der Waals surface area contributed by atoms with Crippen LogP contribution in [0.15, 0.2) is 18.2 Å². The maximum atomic E-state index is 12.1. The number of nitrogens with zero attached hydrogens (tertiary/aromatic N) is 1. The predicted octanol–water partition coefficient (Wildman–Crippen LogP) is 2.69. The fourth-order valence-electron chi connectivity index (χ4n) is 1.59. The van der Waals surface area contributed by atoms with Gasteiger partial charge < -0.3 is 10.1 Å². The van der Waals surface area contributed by atoms with Gasteiger partial charge in [0, 0.05) is 12.6 Å². The average molecular weight is 270 g/mol. The average Bonchev–Trinajstić information content (AvgIpc) is 2.35. The third-order valence-electron chi connectivity index (χ3n) is 2.44. The van der Waals surface area contributed by atoms with E-state index >= 15 is 0 Å². The van der Waals surface area contributed by atoms with Crippen LogP contribution in [0.25, 0.3) is 0 Å². The highest BCUT2D eigenvalue weighted by molar-refractivity contribution is 5.48. The molecule has 0 unspecified atom stereocenters. The van der Waals surface area contributed by atoms with Crippen molar-refractivity contribution in [3.05, 3.63) is 33.9 Å². The summed E-state index contributed by atoms with van der Waals surface area (Å²) in [6.07, 6.45) is 0. The van der Waals surface area contributed by atoms with Crippen molar-refractivity contribution in [2.45, 2.75) is 20.4 Å².